The highest BCUT2D eigenvalue weighted by Gasteiger charge is 2.18. The van der Waals surface area contributed by atoms with Crippen LogP contribution < -0.4 is 9.47 Å². The molecule has 0 atom stereocenters. The van der Waals surface area contributed by atoms with Crippen molar-refractivity contribution in [3.8, 4) is 11.5 Å². The fourth-order valence-corrected chi connectivity index (χ4v) is 2.88. The second-order valence-electron chi connectivity index (χ2n) is 5.39. The summed E-state index contributed by atoms with van der Waals surface area (Å²) in [6.07, 6.45) is 3.92. The third kappa shape index (κ3) is 3.08. The molecule has 4 heteroatoms. The minimum atomic E-state index is 0.556. The first-order valence-corrected chi connectivity index (χ1v) is 7.94. The summed E-state index contributed by atoms with van der Waals surface area (Å²) >= 11 is 6.23. The standard InChI is InChI=1S/C20H18ClNO2/c1-4-13-9-14-5-6-15(21)10-18(14)20(22-12-13)17-8-7-16(23-2)11-19(17)24-3/h4-11H,1,12H2,2-3H3. The molecule has 0 saturated carbocycles. The molecule has 2 aromatic rings. The zero-order valence-corrected chi connectivity index (χ0v) is 14.4. The van der Waals surface area contributed by atoms with Crippen molar-refractivity contribution in [2.45, 2.75) is 0 Å². The number of rotatable bonds is 4. The third-order valence-electron chi connectivity index (χ3n) is 3.96. The Morgan fingerprint density at radius 2 is 1.92 bits per heavy atom. The van der Waals surface area contributed by atoms with Gasteiger partial charge in [0.1, 0.15) is 11.5 Å². The molecule has 0 radical (unpaired) electrons. The zero-order chi connectivity index (χ0) is 17.1. The normalized spacial score (nSPS) is 13.3. The second kappa shape index (κ2) is 6.93. The molecule has 24 heavy (non-hydrogen) atoms. The monoisotopic (exact) mass is 339 g/mol. The SMILES string of the molecule is C=CC1=Cc2ccc(Cl)cc2C(c2ccc(OC)cc2OC)=NC1. The van der Waals surface area contributed by atoms with Gasteiger partial charge in [0.15, 0.2) is 0 Å². The number of hydrogen-bond acceptors (Lipinski definition) is 3. The van der Waals surface area contributed by atoms with Gasteiger partial charge >= 0.3 is 0 Å². The summed E-state index contributed by atoms with van der Waals surface area (Å²) in [5.74, 6) is 1.45. The first-order valence-electron chi connectivity index (χ1n) is 7.56. The van der Waals surface area contributed by atoms with Crippen molar-refractivity contribution in [3.63, 3.8) is 0 Å². The summed E-state index contributed by atoms with van der Waals surface area (Å²) in [5.41, 5.74) is 4.84. The van der Waals surface area contributed by atoms with Crippen LogP contribution in [0.25, 0.3) is 6.08 Å². The van der Waals surface area contributed by atoms with Crippen LogP contribution in [0.3, 0.4) is 0 Å². The Morgan fingerprint density at radius 1 is 1.08 bits per heavy atom. The molecule has 0 saturated heterocycles. The predicted octanol–water partition coefficient (Wildman–Crippen LogP) is 4.78. The predicted molar refractivity (Wildman–Crippen MR) is 99.7 cm³/mol. The average molecular weight is 340 g/mol. The number of nitrogens with zero attached hydrogens (tertiary/aromatic N) is 1. The minimum absolute atomic E-state index is 0.556. The van der Waals surface area contributed by atoms with Crippen LogP contribution in [0.1, 0.15) is 16.7 Å². The molecule has 0 aliphatic carbocycles. The van der Waals surface area contributed by atoms with Crippen molar-refractivity contribution in [1.82, 2.24) is 0 Å². The van der Waals surface area contributed by atoms with Gasteiger partial charge in [-0.3, -0.25) is 4.99 Å². The number of methoxy groups -OCH3 is 2. The average Bonchev–Trinajstić information content (AvgIpc) is 2.80. The van der Waals surface area contributed by atoms with Gasteiger partial charge < -0.3 is 9.47 Å². The van der Waals surface area contributed by atoms with Gasteiger partial charge in [0.2, 0.25) is 0 Å². The Kier molecular flexibility index (Phi) is 4.72. The van der Waals surface area contributed by atoms with Crippen molar-refractivity contribution in [2.24, 2.45) is 4.99 Å². The van der Waals surface area contributed by atoms with Crippen molar-refractivity contribution in [1.29, 1.82) is 0 Å². The van der Waals surface area contributed by atoms with E-state index >= 15 is 0 Å². The Bertz CT molecular complexity index is 853. The van der Waals surface area contributed by atoms with Crippen molar-refractivity contribution in [3.05, 3.63) is 76.3 Å². The molecule has 0 amide bonds. The van der Waals surface area contributed by atoms with Crippen LogP contribution in [0, 0.1) is 0 Å². The molecular weight excluding hydrogens is 322 g/mol. The van der Waals surface area contributed by atoms with Gasteiger partial charge in [-0.2, -0.15) is 0 Å². The maximum absolute atomic E-state index is 6.23. The largest absolute Gasteiger partial charge is 0.497 e. The van der Waals surface area contributed by atoms with Crippen molar-refractivity contribution < 1.29 is 9.47 Å². The number of aliphatic imine (C=N–C) groups is 1. The molecule has 0 spiro atoms. The molecule has 1 heterocycles. The van der Waals surface area contributed by atoms with Crippen LogP contribution in [-0.2, 0) is 0 Å². The van der Waals surface area contributed by atoms with Gasteiger partial charge in [0.25, 0.3) is 0 Å². The second-order valence-corrected chi connectivity index (χ2v) is 5.82. The summed E-state index contributed by atoms with van der Waals surface area (Å²) in [6, 6.07) is 11.5. The highest BCUT2D eigenvalue weighted by atomic mass is 35.5. The third-order valence-corrected chi connectivity index (χ3v) is 4.19. The van der Waals surface area contributed by atoms with Crippen LogP contribution >= 0.6 is 11.6 Å². The van der Waals surface area contributed by atoms with Gasteiger partial charge in [0, 0.05) is 22.2 Å². The van der Waals surface area contributed by atoms with Crippen LogP contribution in [-0.4, -0.2) is 26.5 Å². The molecular formula is C20H18ClNO2. The quantitative estimate of drug-likeness (QED) is 0.802. The highest BCUT2D eigenvalue weighted by Crippen LogP contribution is 2.31. The fraction of sp³-hybridized carbons (Fsp3) is 0.150. The van der Waals surface area contributed by atoms with E-state index in [0.717, 1.165) is 33.7 Å². The molecule has 3 nitrogen and oxygen atoms in total. The molecule has 0 unspecified atom stereocenters. The Labute approximate surface area is 146 Å². The van der Waals surface area contributed by atoms with Gasteiger partial charge in [0.05, 0.1) is 26.5 Å². The van der Waals surface area contributed by atoms with Gasteiger partial charge in [-0.25, -0.2) is 0 Å². The molecule has 0 fully saturated rings. The maximum atomic E-state index is 6.23. The number of benzene rings is 2. The van der Waals surface area contributed by atoms with Crippen molar-refractivity contribution >= 4 is 23.4 Å². The summed E-state index contributed by atoms with van der Waals surface area (Å²) in [4.78, 5) is 4.79. The molecule has 1 aliphatic rings. The van der Waals surface area contributed by atoms with E-state index in [1.54, 1.807) is 14.2 Å². The Hall–Kier alpha value is -2.52. The molecule has 2 aromatic carbocycles. The van der Waals surface area contributed by atoms with Gasteiger partial charge in [-0.1, -0.05) is 30.3 Å². The Balaban J connectivity index is 2.21. The first-order chi connectivity index (χ1) is 11.7. The lowest BCUT2D eigenvalue weighted by atomic mass is 9.96. The highest BCUT2D eigenvalue weighted by molar-refractivity contribution is 6.31. The van der Waals surface area contributed by atoms with Crippen LogP contribution in [0.15, 0.2) is 59.6 Å². The van der Waals surface area contributed by atoms with Gasteiger partial charge in [-0.05, 0) is 41.5 Å². The van der Waals surface area contributed by atoms with Crippen LogP contribution in [0.2, 0.25) is 5.02 Å². The topological polar surface area (TPSA) is 30.8 Å². The number of ether oxygens (including phenoxy) is 2. The molecule has 0 aromatic heterocycles. The van der Waals surface area contributed by atoms with E-state index in [-0.39, 0.29) is 0 Å². The van der Waals surface area contributed by atoms with Gasteiger partial charge in [-0.15, -0.1) is 0 Å². The molecule has 0 N–H and O–H groups in total. The van der Waals surface area contributed by atoms with Crippen LogP contribution in [0.4, 0.5) is 0 Å². The van der Waals surface area contributed by atoms with E-state index in [2.05, 4.69) is 12.7 Å². The molecule has 3 rings (SSSR count). The number of fused-ring (bicyclic) bond motifs is 1. The summed E-state index contributed by atoms with van der Waals surface area (Å²) in [7, 11) is 3.27. The van der Waals surface area contributed by atoms with E-state index in [9.17, 15) is 0 Å². The lowest BCUT2D eigenvalue weighted by Crippen LogP contribution is -2.08. The molecule has 0 bridgehead atoms. The van der Waals surface area contributed by atoms with E-state index in [0.29, 0.717) is 17.3 Å². The summed E-state index contributed by atoms with van der Waals surface area (Å²) < 4.78 is 10.8. The van der Waals surface area contributed by atoms with Crippen LogP contribution in [0.5, 0.6) is 11.5 Å². The summed E-state index contributed by atoms with van der Waals surface area (Å²) in [5, 5.41) is 0.671. The Morgan fingerprint density at radius 3 is 2.62 bits per heavy atom. The smallest absolute Gasteiger partial charge is 0.131 e. The minimum Gasteiger partial charge on any atom is -0.497 e. The number of hydrogen-bond donors (Lipinski definition) is 0. The molecule has 122 valence electrons. The van der Waals surface area contributed by atoms with E-state index in [4.69, 9.17) is 26.1 Å². The van der Waals surface area contributed by atoms with E-state index in [1.165, 1.54) is 0 Å². The van der Waals surface area contributed by atoms with E-state index < -0.39 is 0 Å². The zero-order valence-electron chi connectivity index (χ0n) is 13.7. The number of halogens is 1. The lowest BCUT2D eigenvalue weighted by molar-refractivity contribution is 0.394. The fourth-order valence-electron chi connectivity index (χ4n) is 2.71. The maximum Gasteiger partial charge on any atom is 0.131 e. The lowest BCUT2D eigenvalue weighted by Gasteiger charge is -2.14. The first kappa shape index (κ1) is 16.3. The molecule has 1 aliphatic heterocycles. The van der Waals surface area contributed by atoms with Crippen molar-refractivity contribution in [2.75, 3.05) is 20.8 Å². The summed E-state index contributed by atoms with van der Waals surface area (Å²) in [6.45, 7) is 4.42. The van der Waals surface area contributed by atoms with E-state index in [1.807, 2.05) is 42.5 Å².